The number of thiazole rings is 1. The average Bonchev–Trinajstić information content (AvgIpc) is 3.56. The van der Waals surface area contributed by atoms with Crippen molar-refractivity contribution in [3.05, 3.63) is 48.0 Å². The number of fused-ring (bicyclic) bond motifs is 1. The van der Waals surface area contributed by atoms with Crippen LogP contribution in [0.25, 0.3) is 10.2 Å². The molecule has 2 unspecified atom stereocenters. The molecule has 0 aliphatic carbocycles. The van der Waals surface area contributed by atoms with Gasteiger partial charge in [0.25, 0.3) is 0 Å². The number of amides is 1. The Bertz CT molecular complexity index is 1330. The van der Waals surface area contributed by atoms with Crippen LogP contribution < -0.4 is 9.64 Å². The van der Waals surface area contributed by atoms with E-state index in [1.807, 2.05) is 19.1 Å². The Hall–Kier alpha value is -2.53. The van der Waals surface area contributed by atoms with Gasteiger partial charge < -0.3 is 9.47 Å². The normalized spacial score (nSPS) is 21.1. The molecule has 0 radical (unpaired) electrons. The Kier molecular flexibility index (Phi) is 7.30. The third-order valence-electron chi connectivity index (χ3n) is 6.87. The summed E-state index contributed by atoms with van der Waals surface area (Å²) in [5.74, 6) is 0.0642. The Labute approximate surface area is 215 Å². The second-order valence-electron chi connectivity index (χ2n) is 9.43. The molecule has 5 rings (SSSR count). The van der Waals surface area contributed by atoms with E-state index < -0.39 is 15.9 Å². The van der Waals surface area contributed by atoms with E-state index in [9.17, 15) is 13.2 Å². The highest BCUT2D eigenvalue weighted by molar-refractivity contribution is 7.89. The van der Waals surface area contributed by atoms with E-state index in [0.29, 0.717) is 43.4 Å². The van der Waals surface area contributed by atoms with Gasteiger partial charge in [0, 0.05) is 19.7 Å². The molecule has 3 aromatic rings. The van der Waals surface area contributed by atoms with Crippen LogP contribution in [-0.2, 0) is 19.6 Å². The summed E-state index contributed by atoms with van der Waals surface area (Å²) in [6, 6.07) is 12.4. The minimum Gasteiger partial charge on any atom is -0.497 e. The van der Waals surface area contributed by atoms with Crippen LogP contribution in [-0.4, -0.2) is 63.1 Å². The molecular weight excluding hydrogens is 498 g/mol. The lowest BCUT2D eigenvalue weighted by molar-refractivity contribution is -0.123. The number of anilines is 1. The molecule has 2 aliphatic rings. The maximum Gasteiger partial charge on any atom is 0.243 e. The minimum absolute atomic E-state index is 0.0366. The van der Waals surface area contributed by atoms with Gasteiger partial charge in [0.2, 0.25) is 15.9 Å². The number of aromatic nitrogens is 1. The van der Waals surface area contributed by atoms with Crippen molar-refractivity contribution in [2.45, 2.75) is 43.6 Å². The van der Waals surface area contributed by atoms with Crippen molar-refractivity contribution < 1.29 is 22.7 Å². The fourth-order valence-corrected chi connectivity index (χ4v) is 7.47. The molecule has 0 N–H and O–H groups in total. The van der Waals surface area contributed by atoms with Crippen LogP contribution in [0.3, 0.4) is 0 Å². The van der Waals surface area contributed by atoms with Crippen molar-refractivity contribution in [1.82, 2.24) is 9.29 Å². The van der Waals surface area contributed by atoms with Crippen molar-refractivity contribution >= 4 is 42.6 Å². The molecule has 0 bridgehead atoms. The van der Waals surface area contributed by atoms with Crippen LogP contribution in [0.15, 0.2) is 47.4 Å². The molecule has 1 amide bonds. The van der Waals surface area contributed by atoms with Crippen LogP contribution in [0.1, 0.15) is 31.2 Å². The van der Waals surface area contributed by atoms with E-state index in [4.69, 9.17) is 14.5 Å². The SMILES string of the molecule is COc1ccc(S(=O)(=O)N2CCCC(C(=O)N(CC3CCCO3)c3nc4ccc(C)cc4s3)C2)cc1. The van der Waals surface area contributed by atoms with E-state index in [0.717, 1.165) is 28.6 Å². The molecule has 2 fully saturated rings. The van der Waals surface area contributed by atoms with Crippen molar-refractivity contribution in [2.75, 3.05) is 38.3 Å². The van der Waals surface area contributed by atoms with Crippen LogP contribution in [0, 0.1) is 12.8 Å². The molecular formula is C26H31N3O5S2. The second-order valence-corrected chi connectivity index (χ2v) is 12.4. The predicted octanol–water partition coefficient (Wildman–Crippen LogP) is 4.23. The van der Waals surface area contributed by atoms with Gasteiger partial charge in [0.1, 0.15) is 5.75 Å². The number of carbonyl (C=O) groups is 1. The molecule has 192 valence electrons. The van der Waals surface area contributed by atoms with Crippen LogP contribution in [0.5, 0.6) is 5.75 Å². The molecule has 0 saturated carbocycles. The highest BCUT2D eigenvalue weighted by atomic mass is 32.2. The van der Waals surface area contributed by atoms with Crippen molar-refractivity contribution in [3.63, 3.8) is 0 Å². The van der Waals surface area contributed by atoms with Gasteiger partial charge in [-0.15, -0.1) is 0 Å². The maximum absolute atomic E-state index is 13.9. The number of benzene rings is 2. The van der Waals surface area contributed by atoms with E-state index in [2.05, 4.69) is 6.07 Å². The van der Waals surface area contributed by atoms with Crippen LogP contribution in [0.2, 0.25) is 0 Å². The lowest BCUT2D eigenvalue weighted by Crippen LogP contribution is -2.48. The average molecular weight is 530 g/mol. The standard InChI is InChI=1S/C26H31N3O5S2/c1-18-7-12-23-24(15-18)35-26(27-23)29(17-21-6-4-14-34-21)25(30)19-5-3-13-28(16-19)36(31,32)22-10-8-20(33-2)9-11-22/h7-12,15,19,21H,3-6,13-14,16-17H2,1-2H3. The molecule has 8 nitrogen and oxygen atoms in total. The number of rotatable bonds is 7. The minimum atomic E-state index is -3.72. The Morgan fingerprint density at radius 2 is 2.00 bits per heavy atom. The smallest absolute Gasteiger partial charge is 0.243 e. The monoisotopic (exact) mass is 529 g/mol. The zero-order valence-electron chi connectivity index (χ0n) is 20.6. The van der Waals surface area contributed by atoms with Gasteiger partial charge in [0.15, 0.2) is 5.13 Å². The lowest BCUT2D eigenvalue weighted by atomic mass is 9.98. The van der Waals surface area contributed by atoms with Crippen molar-refractivity contribution in [2.24, 2.45) is 5.92 Å². The highest BCUT2D eigenvalue weighted by Crippen LogP contribution is 2.33. The third kappa shape index (κ3) is 5.13. The largest absolute Gasteiger partial charge is 0.497 e. The summed E-state index contributed by atoms with van der Waals surface area (Å²) in [7, 11) is -2.18. The molecule has 0 spiro atoms. The number of carbonyl (C=O) groups excluding carboxylic acids is 1. The number of aryl methyl sites for hydroxylation is 1. The van der Waals surface area contributed by atoms with E-state index >= 15 is 0 Å². The van der Waals surface area contributed by atoms with Gasteiger partial charge in [-0.1, -0.05) is 17.4 Å². The molecule has 1 aromatic heterocycles. The zero-order chi connectivity index (χ0) is 25.3. The van der Waals surface area contributed by atoms with Gasteiger partial charge >= 0.3 is 0 Å². The van der Waals surface area contributed by atoms with E-state index in [-0.39, 0.29) is 23.5 Å². The molecule has 3 heterocycles. The zero-order valence-corrected chi connectivity index (χ0v) is 22.2. The number of hydrogen-bond acceptors (Lipinski definition) is 7. The number of piperidine rings is 1. The number of sulfonamides is 1. The number of hydrogen-bond donors (Lipinski definition) is 0. The fourth-order valence-electron chi connectivity index (χ4n) is 4.87. The molecule has 2 aromatic carbocycles. The molecule has 2 aliphatic heterocycles. The summed E-state index contributed by atoms with van der Waals surface area (Å²) >= 11 is 1.50. The van der Waals surface area contributed by atoms with Gasteiger partial charge in [-0.3, -0.25) is 9.69 Å². The molecule has 10 heteroatoms. The summed E-state index contributed by atoms with van der Waals surface area (Å²) in [5, 5.41) is 0.645. The third-order valence-corrected chi connectivity index (χ3v) is 9.79. The summed E-state index contributed by atoms with van der Waals surface area (Å²) < 4.78 is 40.2. The first-order valence-corrected chi connectivity index (χ1v) is 14.5. The van der Waals surface area contributed by atoms with Gasteiger partial charge in [0.05, 0.1) is 40.8 Å². The Morgan fingerprint density at radius 3 is 2.72 bits per heavy atom. The lowest BCUT2D eigenvalue weighted by Gasteiger charge is -2.34. The first kappa shape index (κ1) is 25.1. The van der Waals surface area contributed by atoms with Crippen molar-refractivity contribution in [1.29, 1.82) is 0 Å². The van der Waals surface area contributed by atoms with E-state index in [1.54, 1.807) is 36.3 Å². The van der Waals surface area contributed by atoms with E-state index in [1.165, 1.54) is 15.6 Å². The predicted molar refractivity (Wildman–Crippen MR) is 140 cm³/mol. The van der Waals surface area contributed by atoms with Crippen LogP contribution in [0.4, 0.5) is 5.13 Å². The number of methoxy groups -OCH3 is 1. The van der Waals surface area contributed by atoms with Crippen molar-refractivity contribution in [3.8, 4) is 5.75 Å². The number of nitrogens with zero attached hydrogens (tertiary/aromatic N) is 3. The Morgan fingerprint density at radius 1 is 1.19 bits per heavy atom. The quantitative estimate of drug-likeness (QED) is 0.455. The molecule has 2 atom stereocenters. The first-order valence-electron chi connectivity index (χ1n) is 12.3. The molecule has 36 heavy (non-hydrogen) atoms. The van der Waals surface area contributed by atoms with Gasteiger partial charge in [-0.2, -0.15) is 4.31 Å². The fraction of sp³-hybridized carbons (Fsp3) is 0.462. The second kappa shape index (κ2) is 10.5. The summed E-state index contributed by atoms with van der Waals surface area (Å²) in [5.41, 5.74) is 2.00. The Balaban J connectivity index is 1.40. The topological polar surface area (TPSA) is 89.0 Å². The van der Waals surface area contributed by atoms with Gasteiger partial charge in [-0.05, 0) is 74.6 Å². The van der Waals surface area contributed by atoms with Gasteiger partial charge in [-0.25, -0.2) is 13.4 Å². The summed E-state index contributed by atoms with van der Waals surface area (Å²) in [6.07, 6.45) is 3.10. The summed E-state index contributed by atoms with van der Waals surface area (Å²) in [4.78, 5) is 20.6. The summed E-state index contributed by atoms with van der Waals surface area (Å²) in [6.45, 7) is 3.71. The first-order chi connectivity index (χ1) is 17.3. The molecule has 2 saturated heterocycles. The maximum atomic E-state index is 13.9. The highest BCUT2D eigenvalue weighted by Gasteiger charge is 2.37. The van der Waals surface area contributed by atoms with Crippen LogP contribution >= 0.6 is 11.3 Å². The number of ether oxygens (including phenoxy) is 2.